The second-order valence-electron chi connectivity index (χ2n) is 8.57. The summed E-state index contributed by atoms with van der Waals surface area (Å²) in [7, 11) is 0.0400. The van der Waals surface area contributed by atoms with Crippen molar-refractivity contribution in [3.05, 3.63) is 45.8 Å². The highest BCUT2D eigenvalue weighted by Gasteiger charge is 2.28. The minimum Gasteiger partial charge on any atom is -0.355 e. The van der Waals surface area contributed by atoms with E-state index in [2.05, 4.69) is 15.5 Å². The van der Waals surface area contributed by atoms with Gasteiger partial charge in [0.25, 0.3) is 11.8 Å². The van der Waals surface area contributed by atoms with Crippen LogP contribution in [0, 0.1) is 0 Å². The number of anilines is 1. The van der Waals surface area contributed by atoms with Gasteiger partial charge in [-0.2, -0.15) is 4.31 Å². The molecule has 0 radical (unpaired) electrons. The fourth-order valence-electron chi connectivity index (χ4n) is 4.37. The van der Waals surface area contributed by atoms with Gasteiger partial charge >= 0.3 is 0 Å². The number of sulfonamides is 1. The second kappa shape index (κ2) is 9.92. The van der Waals surface area contributed by atoms with Crippen molar-refractivity contribution >= 4 is 38.2 Å². The summed E-state index contributed by atoms with van der Waals surface area (Å²) in [6.07, 6.45) is 4.59. The first-order chi connectivity index (χ1) is 15.8. The molecule has 0 spiro atoms. The number of carbonyl (C=O) groups excluding carboxylic acids is 2. The van der Waals surface area contributed by atoms with E-state index in [4.69, 9.17) is 0 Å². The Bertz CT molecular complexity index is 1130. The van der Waals surface area contributed by atoms with Gasteiger partial charge in [-0.05, 0) is 56.1 Å². The lowest BCUT2D eigenvalue weighted by atomic mass is 10.0. The number of fused-ring (bicyclic) bond motifs is 1. The van der Waals surface area contributed by atoms with Gasteiger partial charge in [-0.15, -0.1) is 11.3 Å². The Kier molecular flexibility index (Phi) is 7.18. The van der Waals surface area contributed by atoms with Crippen LogP contribution in [0.25, 0.3) is 0 Å². The van der Waals surface area contributed by atoms with Crippen LogP contribution in [-0.4, -0.2) is 63.2 Å². The highest BCUT2D eigenvalue weighted by Crippen LogP contribution is 2.37. The van der Waals surface area contributed by atoms with Gasteiger partial charge in [-0.25, -0.2) is 8.42 Å². The molecule has 33 heavy (non-hydrogen) atoms. The van der Waals surface area contributed by atoms with Crippen molar-refractivity contribution in [2.24, 2.45) is 0 Å². The lowest BCUT2D eigenvalue weighted by Gasteiger charge is -2.22. The molecule has 0 atom stereocenters. The predicted octanol–water partition coefficient (Wildman–Crippen LogP) is 2.91. The molecule has 0 bridgehead atoms. The number of rotatable bonds is 5. The van der Waals surface area contributed by atoms with Crippen molar-refractivity contribution in [1.29, 1.82) is 0 Å². The van der Waals surface area contributed by atoms with Gasteiger partial charge < -0.3 is 15.5 Å². The van der Waals surface area contributed by atoms with E-state index in [1.807, 2.05) is 7.05 Å². The van der Waals surface area contributed by atoms with E-state index in [-0.39, 0.29) is 16.7 Å². The van der Waals surface area contributed by atoms with Crippen LogP contribution in [-0.2, 0) is 23.0 Å². The van der Waals surface area contributed by atoms with Crippen molar-refractivity contribution in [2.75, 3.05) is 39.0 Å². The standard InChI is InChI=1S/C23H30N4O4S2/c1-24-22(29)20-18-11-14-26(2)15-19(18)32-23(20)25-21(28)16-7-9-17(10-8-16)33(30,31)27-12-5-3-4-6-13-27/h7-10H,3-6,11-15H2,1-2H3,(H,24,29)(H,25,28). The molecular formula is C23H30N4O4S2. The summed E-state index contributed by atoms with van der Waals surface area (Å²) in [4.78, 5) is 29.0. The van der Waals surface area contributed by atoms with Gasteiger partial charge in [0.1, 0.15) is 5.00 Å². The van der Waals surface area contributed by atoms with Crippen molar-refractivity contribution in [2.45, 2.75) is 43.5 Å². The van der Waals surface area contributed by atoms with Gasteiger partial charge in [0.05, 0.1) is 10.5 Å². The summed E-state index contributed by atoms with van der Waals surface area (Å²) in [6, 6.07) is 6.04. The average molecular weight is 491 g/mol. The van der Waals surface area contributed by atoms with Crippen LogP contribution in [0.5, 0.6) is 0 Å². The van der Waals surface area contributed by atoms with Gasteiger partial charge in [-0.3, -0.25) is 9.59 Å². The summed E-state index contributed by atoms with van der Waals surface area (Å²) in [5.41, 5.74) is 1.86. The average Bonchev–Trinajstić information content (AvgIpc) is 2.97. The van der Waals surface area contributed by atoms with Crippen LogP contribution in [0.2, 0.25) is 0 Å². The third-order valence-corrected chi connectivity index (χ3v) is 9.29. The van der Waals surface area contributed by atoms with E-state index < -0.39 is 10.0 Å². The largest absolute Gasteiger partial charge is 0.355 e. The number of likely N-dealkylation sites (N-methyl/N-ethyl adjacent to an activating group) is 1. The summed E-state index contributed by atoms with van der Waals surface area (Å²) in [5.74, 6) is -0.586. The number of hydrogen-bond acceptors (Lipinski definition) is 6. The van der Waals surface area contributed by atoms with Gasteiger partial charge in [0.15, 0.2) is 0 Å². The molecule has 2 N–H and O–H groups in total. The molecule has 3 heterocycles. The highest BCUT2D eigenvalue weighted by atomic mass is 32.2. The monoisotopic (exact) mass is 490 g/mol. The molecule has 2 aliphatic heterocycles. The van der Waals surface area contributed by atoms with Gasteiger partial charge in [0, 0.05) is 43.7 Å². The quantitative estimate of drug-likeness (QED) is 0.672. The summed E-state index contributed by atoms with van der Waals surface area (Å²) < 4.78 is 27.5. The Labute approximate surface area is 199 Å². The van der Waals surface area contributed by atoms with E-state index in [1.165, 1.54) is 39.9 Å². The molecule has 0 unspecified atom stereocenters. The topological polar surface area (TPSA) is 98.8 Å². The number of nitrogens with one attached hydrogen (secondary N) is 2. The molecule has 4 rings (SSSR count). The van der Waals surface area contributed by atoms with E-state index >= 15 is 0 Å². The summed E-state index contributed by atoms with van der Waals surface area (Å²) in [5, 5.41) is 6.09. The molecule has 1 fully saturated rings. The number of thiophene rings is 1. The van der Waals surface area contributed by atoms with Crippen LogP contribution in [0.1, 0.15) is 56.8 Å². The lowest BCUT2D eigenvalue weighted by Crippen LogP contribution is -2.31. The molecule has 1 aromatic heterocycles. The fourth-order valence-corrected chi connectivity index (χ4v) is 7.21. The maximum Gasteiger partial charge on any atom is 0.256 e. The molecule has 1 aromatic carbocycles. The molecule has 2 amide bonds. The minimum atomic E-state index is -3.57. The van der Waals surface area contributed by atoms with Crippen molar-refractivity contribution in [3.63, 3.8) is 0 Å². The van der Waals surface area contributed by atoms with Crippen molar-refractivity contribution in [3.8, 4) is 0 Å². The van der Waals surface area contributed by atoms with E-state index in [0.717, 1.165) is 55.6 Å². The van der Waals surface area contributed by atoms with Gasteiger partial charge in [0.2, 0.25) is 10.0 Å². The first-order valence-electron chi connectivity index (χ1n) is 11.3. The molecular weight excluding hydrogens is 460 g/mol. The Balaban J connectivity index is 1.54. The molecule has 10 heteroatoms. The Morgan fingerprint density at radius 2 is 1.64 bits per heavy atom. The maximum absolute atomic E-state index is 13.0. The summed E-state index contributed by atoms with van der Waals surface area (Å²) in [6.45, 7) is 2.66. The first-order valence-corrected chi connectivity index (χ1v) is 13.5. The van der Waals surface area contributed by atoms with Crippen molar-refractivity contribution < 1.29 is 18.0 Å². The number of benzene rings is 1. The second-order valence-corrected chi connectivity index (χ2v) is 11.6. The molecule has 2 aromatic rings. The molecule has 8 nitrogen and oxygen atoms in total. The molecule has 0 aliphatic carbocycles. The van der Waals surface area contributed by atoms with Crippen LogP contribution in [0.15, 0.2) is 29.2 Å². The zero-order valence-corrected chi connectivity index (χ0v) is 20.7. The van der Waals surface area contributed by atoms with Crippen molar-refractivity contribution in [1.82, 2.24) is 14.5 Å². The zero-order valence-electron chi connectivity index (χ0n) is 19.0. The molecule has 0 saturated carbocycles. The maximum atomic E-state index is 13.0. The fraction of sp³-hybridized carbons (Fsp3) is 0.478. The predicted molar refractivity (Wildman–Crippen MR) is 129 cm³/mol. The Morgan fingerprint density at radius 3 is 2.27 bits per heavy atom. The number of carbonyl (C=O) groups is 2. The molecule has 2 aliphatic rings. The highest BCUT2D eigenvalue weighted by molar-refractivity contribution is 7.89. The summed E-state index contributed by atoms with van der Waals surface area (Å²) >= 11 is 1.42. The molecule has 178 valence electrons. The minimum absolute atomic E-state index is 0.196. The SMILES string of the molecule is CNC(=O)c1c(NC(=O)c2ccc(S(=O)(=O)N3CCCCCC3)cc2)sc2c1CCN(C)C2. The third kappa shape index (κ3) is 4.98. The Morgan fingerprint density at radius 1 is 0.970 bits per heavy atom. The van der Waals surface area contributed by atoms with E-state index in [0.29, 0.717) is 29.2 Å². The number of hydrogen-bond donors (Lipinski definition) is 2. The van der Waals surface area contributed by atoms with Crippen LogP contribution < -0.4 is 10.6 Å². The smallest absolute Gasteiger partial charge is 0.256 e. The Hall–Kier alpha value is -2.27. The molecule has 1 saturated heterocycles. The van der Waals surface area contributed by atoms with E-state index in [9.17, 15) is 18.0 Å². The number of amides is 2. The normalized spacial score (nSPS) is 17.8. The van der Waals surface area contributed by atoms with Crippen LogP contribution in [0.3, 0.4) is 0 Å². The number of nitrogens with zero attached hydrogens (tertiary/aromatic N) is 2. The lowest BCUT2D eigenvalue weighted by molar-refractivity contribution is 0.0962. The third-order valence-electron chi connectivity index (χ3n) is 6.25. The van der Waals surface area contributed by atoms with E-state index in [1.54, 1.807) is 7.05 Å². The van der Waals surface area contributed by atoms with Crippen LogP contribution in [0.4, 0.5) is 5.00 Å². The van der Waals surface area contributed by atoms with Crippen LogP contribution >= 0.6 is 11.3 Å². The zero-order chi connectivity index (χ0) is 23.6. The first kappa shape index (κ1) is 23.9. The van der Waals surface area contributed by atoms with Gasteiger partial charge in [-0.1, -0.05) is 12.8 Å².